The van der Waals surface area contributed by atoms with Crippen molar-refractivity contribution >= 4 is 23.5 Å². The van der Waals surface area contributed by atoms with Crippen LogP contribution in [0.1, 0.15) is 12.8 Å². The van der Waals surface area contributed by atoms with Crippen molar-refractivity contribution in [1.82, 2.24) is 5.32 Å². The maximum absolute atomic E-state index is 12.5. The van der Waals surface area contributed by atoms with Gasteiger partial charge in [0.05, 0.1) is 5.69 Å². The minimum atomic E-state index is -1.05. The number of anilines is 1. The van der Waals surface area contributed by atoms with E-state index in [1.54, 1.807) is 18.2 Å². The highest BCUT2D eigenvalue weighted by atomic mass is 16.6. The minimum Gasteiger partial charge on any atom is -0.486 e. The number of nitrogens with one attached hydrogen (secondary N) is 1. The third-order valence-corrected chi connectivity index (χ3v) is 4.00. The first-order valence-electron chi connectivity index (χ1n) is 6.71. The summed E-state index contributed by atoms with van der Waals surface area (Å²) in [5, 5.41) is 2.25. The van der Waals surface area contributed by atoms with E-state index in [2.05, 4.69) is 5.32 Å². The Morgan fingerprint density at radius 2 is 1.76 bits per heavy atom. The average molecular weight is 288 g/mol. The number of imide groups is 2. The van der Waals surface area contributed by atoms with Crippen LogP contribution in [0.4, 0.5) is 10.5 Å². The first kappa shape index (κ1) is 12.2. The van der Waals surface area contributed by atoms with Crippen molar-refractivity contribution in [2.24, 2.45) is 5.41 Å². The van der Waals surface area contributed by atoms with Crippen LogP contribution in [-0.4, -0.2) is 31.1 Å². The SMILES string of the molecule is O=C1NC(=O)C2(CC2)C(=O)N1c1ccc2c(c1)OCCO2. The fourth-order valence-corrected chi connectivity index (χ4v) is 2.65. The molecule has 7 heteroatoms. The van der Waals surface area contributed by atoms with E-state index in [1.807, 2.05) is 0 Å². The molecule has 0 atom stereocenters. The van der Waals surface area contributed by atoms with Gasteiger partial charge in [0.15, 0.2) is 11.5 Å². The van der Waals surface area contributed by atoms with Gasteiger partial charge in [-0.3, -0.25) is 14.9 Å². The van der Waals surface area contributed by atoms with Crippen molar-refractivity contribution in [3.63, 3.8) is 0 Å². The van der Waals surface area contributed by atoms with Crippen LogP contribution in [0.3, 0.4) is 0 Å². The number of hydrogen-bond acceptors (Lipinski definition) is 5. The lowest BCUT2D eigenvalue weighted by Gasteiger charge is -2.30. The quantitative estimate of drug-likeness (QED) is 0.773. The minimum absolute atomic E-state index is 0.375. The first-order chi connectivity index (χ1) is 10.1. The predicted octanol–water partition coefficient (Wildman–Crippen LogP) is 0.821. The summed E-state index contributed by atoms with van der Waals surface area (Å²) < 4.78 is 10.9. The van der Waals surface area contributed by atoms with E-state index in [0.29, 0.717) is 43.2 Å². The molecule has 0 radical (unpaired) electrons. The number of ether oxygens (including phenoxy) is 2. The van der Waals surface area contributed by atoms with Crippen LogP contribution in [-0.2, 0) is 9.59 Å². The van der Waals surface area contributed by atoms with Gasteiger partial charge >= 0.3 is 6.03 Å². The van der Waals surface area contributed by atoms with E-state index in [0.717, 1.165) is 4.90 Å². The Morgan fingerprint density at radius 1 is 1.05 bits per heavy atom. The lowest BCUT2D eigenvalue weighted by atomic mass is 10.0. The Bertz CT molecular complexity index is 680. The van der Waals surface area contributed by atoms with E-state index in [-0.39, 0.29) is 0 Å². The van der Waals surface area contributed by atoms with Gasteiger partial charge in [0, 0.05) is 6.07 Å². The average Bonchev–Trinajstić information content (AvgIpc) is 3.27. The molecule has 0 unspecified atom stereocenters. The van der Waals surface area contributed by atoms with Crippen LogP contribution < -0.4 is 19.7 Å². The van der Waals surface area contributed by atoms with Gasteiger partial charge in [0.1, 0.15) is 18.6 Å². The Balaban J connectivity index is 1.73. The van der Waals surface area contributed by atoms with Gasteiger partial charge in [-0.1, -0.05) is 0 Å². The van der Waals surface area contributed by atoms with E-state index in [9.17, 15) is 14.4 Å². The molecule has 21 heavy (non-hydrogen) atoms. The molecule has 1 saturated heterocycles. The normalized spacial score (nSPS) is 22.3. The number of rotatable bonds is 1. The van der Waals surface area contributed by atoms with Gasteiger partial charge in [-0.05, 0) is 25.0 Å². The van der Waals surface area contributed by atoms with Gasteiger partial charge in [0.2, 0.25) is 5.91 Å². The van der Waals surface area contributed by atoms with E-state index in [1.165, 1.54) is 0 Å². The Kier molecular flexibility index (Phi) is 2.30. The number of nitrogens with zero attached hydrogens (tertiary/aromatic N) is 1. The molecule has 0 bridgehead atoms. The second-order valence-corrected chi connectivity index (χ2v) is 5.31. The summed E-state index contributed by atoms with van der Waals surface area (Å²) in [4.78, 5) is 37.3. The second-order valence-electron chi connectivity index (χ2n) is 5.31. The summed E-state index contributed by atoms with van der Waals surface area (Å²) in [6, 6.07) is 4.12. The Morgan fingerprint density at radius 3 is 2.48 bits per heavy atom. The fraction of sp³-hybridized carbons (Fsp3) is 0.357. The largest absolute Gasteiger partial charge is 0.486 e. The molecule has 3 aliphatic rings. The van der Waals surface area contributed by atoms with Crippen molar-refractivity contribution in [1.29, 1.82) is 0 Å². The van der Waals surface area contributed by atoms with Gasteiger partial charge in [-0.2, -0.15) is 0 Å². The zero-order chi connectivity index (χ0) is 14.6. The molecule has 0 aromatic heterocycles. The maximum atomic E-state index is 12.5. The first-order valence-corrected chi connectivity index (χ1v) is 6.71. The van der Waals surface area contributed by atoms with Crippen LogP contribution in [0.25, 0.3) is 0 Å². The third kappa shape index (κ3) is 1.63. The second kappa shape index (κ2) is 3.97. The van der Waals surface area contributed by atoms with Gasteiger partial charge < -0.3 is 9.47 Å². The summed E-state index contributed by atoms with van der Waals surface area (Å²) in [6.07, 6.45) is 0.956. The van der Waals surface area contributed by atoms with Crippen LogP contribution in [0.2, 0.25) is 0 Å². The van der Waals surface area contributed by atoms with Crippen LogP contribution >= 0.6 is 0 Å². The summed E-state index contributed by atoms with van der Waals surface area (Å²) in [7, 11) is 0. The number of benzene rings is 1. The highest BCUT2D eigenvalue weighted by molar-refractivity contribution is 6.31. The predicted molar refractivity (Wildman–Crippen MR) is 70.1 cm³/mol. The molecule has 1 saturated carbocycles. The number of fused-ring (bicyclic) bond motifs is 1. The zero-order valence-electron chi connectivity index (χ0n) is 11.0. The Labute approximate surface area is 119 Å². The molecule has 2 fully saturated rings. The van der Waals surface area contributed by atoms with Gasteiger partial charge in [-0.25, -0.2) is 9.69 Å². The van der Waals surface area contributed by atoms with Crippen molar-refractivity contribution in [3.8, 4) is 11.5 Å². The van der Waals surface area contributed by atoms with Crippen LogP contribution in [0.5, 0.6) is 11.5 Å². The van der Waals surface area contributed by atoms with Crippen LogP contribution in [0.15, 0.2) is 18.2 Å². The Hall–Kier alpha value is -2.57. The third-order valence-electron chi connectivity index (χ3n) is 4.00. The number of carbonyl (C=O) groups excluding carboxylic acids is 3. The molecule has 1 aliphatic carbocycles. The lowest BCUT2D eigenvalue weighted by Crippen LogP contribution is -2.59. The van der Waals surface area contributed by atoms with E-state index >= 15 is 0 Å². The number of carbonyl (C=O) groups is 3. The number of hydrogen-bond donors (Lipinski definition) is 1. The van der Waals surface area contributed by atoms with Crippen LogP contribution in [0, 0.1) is 5.41 Å². The molecular weight excluding hydrogens is 276 g/mol. The summed E-state index contributed by atoms with van der Waals surface area (Å²) in [5.41, 5.74) is -0.679. The number of amides is 4. The molecule has 2 heterocycles. The molecule has 4 rings (SSSR count). The summed E-state index contributed by atoms with van der Waals surface area (Å²) in [6.45, 7) is 0.881. The van der Waals surface area contributed by atoms with Gasteiger partial charge in [-0.15, -0.1) is 0 Å². The smallest absolute Gasteiger partial charge is 0.335 e. The molecule has 1 N–H and O–H groups in total. The van der Waals surface area contributed by atoms with Crippen molar-refractivity contribution in [2.75, 3.05) is 18.1 Å². The molecule has 2 aliphatic heterocycles. The molecule has 4 amide bonds. The van der Waals surface area contributed by atoms with E-state index in [4.69, 9.17) is 9.47 Å². The fourth-order valence-electron chi connectivity index (χ4n) is 2.65. The summed E-state index contributed by atoms with van der Waals surface area (Å²) in [5.74, 6) is 0.104. The highest BCUT2D eigenvalue weighted by Crippen LogP contribution is 2.50. The molecule has 1 spiro atoms. The van der Waals surface area contributed by atoms with Crippen molar-refractivity contribution in [2.45, 2.75) is 12.8 Å². The molecule has 7 nitrogen and oxygen atoms in total. The zero-order valence-corrected chi connectivity index (χ0v) is 11.0. The maximum Gasteiger partial charge on any atom is 0.335 e. The number of barbiturate groups is 1. The topological polar surface area (TPSA) is 84.9 Å². The van der Waals surface area contributed by atoms with Gasteiger partial charge in [0.25, 0.3) is 5.91 Å². The highest BCUT2D eigenvalue weighted by Gasteiger charge is 2.62. The van der Waals surface area contributed by atoms with Crippen molar-refractivity contribution < 1.29 is 23.9 Å². The molecular formula is C14H12N2O5. The standard InChI is InChI=1S/C14H12N2O5/c17-11-14(3-4-14)12(18)16(13(19)15-11)8-1-2-9-10(7-8)21-6-5-20-9/h1-2,7H,3-6H2,(H,15,17,19). The van der Waals surface area contributed by atoms with E-state index < -0.39 is 23.3 Å². The molecule has 1 aromatic rings. The molecule has 108 valence electrons. The number of urea groups is 1. The van der Waals surface area contributed by atoms with Crippen molar-refractivity contribution in [3.05, 3.63) is 18.2 Å². The monoisotopic (exact) mass is 288 g/mol. The lowest BCUT2D eigenvalue weighted by molar-refractivity contribution is -0.136. The molecule has 1 aromatic carbocycles. The summed E-state index contributed by atoms with van der Waals surface area (Å²) >= 11 is 0.